The number of carbonyl (C=O) groups is 1. The molecule has 1 amide bonds. The van der Waals surface area contributed by atoms with Crippen molar-refractivity contribution in [2.45, 2.75) is 6.92 Å². The van der Waals surface area contributed by atoms with Crippen LogP contribution in [0.15, 0.2) is 39.3 Å². The fraction of sp³-hybridized carbons (Fsp3) is 0.188. The van der Waals surface area contributed by atoms with Crippen LogP contribution in [0.1, 0.15) is 5.56 Å². The summed E-state index contributed by atoms with van der Waals surface area (Å²) in [5.41, 5.74) is 7.74. The maximum atomic E-state index is 12.0. The highest BCUT2D eigenvalue weighted by Gasteiger charge is 2.11. The van der Waals surface area contributed by atoms with Gasteiger partial charge >= 0.3 is 0 Å². The van der Waals surface area contributed by atoms with Gasteiger partial charge in [-0.3, -0.25) is 4.79 Å². The number of aryl methyl sites for hydroxylation is 1. The van der Waals surface area contributed by atoms with E-state index < -0.39 is 0 Å². The summed E-state index contributed by atoms with van der Waals surface area (Å²) in [6.45, 7) is 1.79. The highest BCUT2D eigenvalue weighted by molar-refractivity contribution is 9.11. The van der Waals surface area contributed by atoms with E-state index >= 15 is 0 Å². The molecule has 0 radical (unpaired) electrons. The zero-order chi connectivity index (χ0) is 17.0. The molecular formula is C16H16Br2N2O3. The Morgan fingerprint density at radius 2 is 2.00 bits per heavy atom. The highest BCUT2D eigenvalue weighted by Crippen LogP contribution is 2.32. The molecule has 0 aliphatic rings. The third kappa shape index (κ3) is 4.62. The molecule has 2 aromatic rings. The molecule has 0 saturated heterocycles. The lowest BCUT2D eigenvalue weighted by Crippen LogP contribution is -2.21. The molecule has 7 heteroatoms. The first kappa shape index (κ1) is 17.6. The molecule has 0 fully saturated rings. The SMILES string of the molecule is COc1ccc(NC(=O)COc2c(C)cc(Br)cc2Br)c(N)c1. The average Bonchev–Trinajstić information content (AvgIpc) is 2.48. The Bertz CT molecular complexity index is 712. The van der Waals surface area contributed by atoms with Crippen LogP contribution in [0.4, 0.5) is 11.4 Å². The number of benzene rings is 2. The normalized spacial score (nSPS) is 10.3. The van der Waals surface area contributed by atoms with Crippen molar-refractivity contribution in [3.05, 3.63) is 44.8 Å². The van der Waals surface area contributed by atoms with E-state index in [4.69, 9.17) is 15.2 Å². The van der Waals surface area contributed by atoms with Crippen molar-refractivity contribution < 1.29 is 14.3 Å². The minimum Gasteiger partial charge on any atom is -0.497 e. The predicted octanol–water partition coefficient (Wildman–Crippen LogP) is 4.13. The lowest BCUT2D eigenvalue weighted by molar-refractivity contribution is -0.118. The number of nitrogens with two attached hydrogens (primary N) is 1. The Kier molecular flexibility index (Phi) is 5.90. The summed E-state index contributed by atoms with van der Waals surface area (Å²) in [4.78, 5) is 12.0. The van der Waals surface area contributed by atoms with Crippen LogP contribution >= 0.6 is 31.9 Å². The molecule has 122 valence electrons. The van der Waals surface area contributed by atoms with Gasteiger partial charge in [-0.1, -0.05) is 15.9 Å². The van der Waals surface area contributed by atoms with Gasteiger partial charge in [-0.25, -0.2) is 0 Å². The van der Waals surface area contributed by atoms with Gasteiger partial charge in [-0.15, -0.1) is 0 Å². The van der Waals surface area contributed by atoms with Crippen molar-refractivity contribution in [3.63, 3.8) is 0 Å². The van der Waals surface area contributed by atoms with Crippen LogP contribution in [-0.4, -0.2) is 19.6 Å². The summed E-state index contributed by atoms with van der Waals surface area (Å²) >= 11 is 6.82. The van der Waals surface area contributed by atoms with Crippen molar-refractivity contribution in [2.24, 2.45) is 0 Å². The maximum absolute atomic E-state index is 12.0. The van der Waals surface area contributed by atoms with E-state index in [9.17, 15) is 4.79 Å². The van der Waals surface area contributed by atoms with E-state index in [-0.39, 0.29) is 12.5 Å². The van der Waals surface area contributed by atoms with Crippen LogP contribution in [0.5, 0.6) is 11.5 Å². The van der Waals surface area contributed by atoms with Crippen LogP contribution in [0.2, 0.25) is 0 Å². The zero-order valence-corrected chi connectivity index (χ0v) is 15.8. The molecular weight excluding hydrogens is 428 g/mol. The summed E-state index contributed by atoms with van der Waals surface area (Å²) in [5, 5.41) is 2.71. The molecule has 0 unspecified atom stereocenters. The second kappa shape index (κ2) is 7.70. The Morgan fingerprint density at radius 1 is 1.26 bits per heavy atom. The van der Waals surface area contributed by atoms with Gasteiger partial charge < -0.3 is 20.5 Å². The summed E-state index contributed by atoms with van der Waals surface area (Å²) in [6, 6.07) is 8.84. The van der Waals surface area contributed by atoms with Crippen LogP contribution in [0, 0.1) is 6.92 Å². The Balaban J connectivity index is 2.01. The van der Waals surface area contributed by atoms with E-state index in [0.717, 1.165) is 14.5 Å². The third-order valence-electron chi connectivity index (χ3n) is 3.07. The molecule has 0 heterocycles. The van der Waals surface area contributed by atoms with Crippen molar-refractivity contribution in [1.29, 1.82) is 0 Å². The second-order valence-corrected chi connectivity index (χ2v) is 6.59. The van der Waals surface area contributed by atoms with Gasteiger partial charge in [-0.2, -0.15) is 0 Å². The maximum Gasteiger partial charge on any atom is 0.262 e. The van der Waals surface area contributed by atoms with Crippen molar-refractivity contribution >= 4 is 49.1 Å². The van der Waals surface area contributed by atoms with Crippen molar-refractivity contribution in [3.8, 4) is 11.5 Å². The number of rotatable bonds is 5. The number of methoxy groups -OCH3 is 1. The number of carbonyl (C=O) groups excluding carboxylic acids is 1. The molecule has 0 atom stereocenters. The summed E-state index contributed by atoms with van der Waals surface area (Å²) in [5.74, 6) is 0.966. The Morgan fingerprint density at radius 3 is 2.61 bits per heavy atom. The third-order valence-corrected chi connectivity index (χ3v) is 4.12. The van der Waals surface area contributed by atoms with Gasteiger partial charge in [0, 0.05) is 10.5 Å². The largest absolute Gasteiger partial charge is 0.497 e. The zero-order valence-electron chi connectivity index (χ0n) is 12.7. The molecule has 5 nitrogen and oxygen atoms in total. The van der Waals surface area contributed by atoms with Gasteiger partial charge in [0.25, 0.3) is 5.91 Å². The Labute approximate surface area is 151 Å². The minimum atomic E-state index is -0.295. The standard InChI is InChI=1S/C16H16Br2N2O3/c1-9-5-10(17)6-12(18)16(9)23-8-15(21)20-14-4-3-11(22-2)7-13(14)19/h3-7H,8,19H2,1-2H3,(H,20,21). The van der Waals surface area contributed by atoms with Gasteiger partial charge in [-0.05, 0) is 52.7 Å². The van der Waals surface area contributed by atoms with E-state index in [1.807, 2.05) is 19.1 Å². The topological polar surface area (TPSA) is 73.6 Å². The summed E-state index contributed by atoms with van der Waals surface area (Å²) < 4.78 is 12.4. The number of hydrogen-bond donors (Lipinski definition) is 2. The highest BCUT2D eigenvalue weighted by atomic mass is 79.9. The first-order valence-electron chi connectivity index (χ1n) is 6.72. The molecule has 23 heavy (non-hydrogen) atoms. The van der Waals surface area contributed by atoms with Gasteiger partial charge in [0.05, 0.1) is 23.0 Å². The van der Waals surface area contributed by atoms with E-state index in [1.54, 1.807) is 25.3 Å². The molecule has 0 aromatic heterocycles. The summed E-state index contributed by atoms with van der Waals surface area (Å²) in [7, 11) is 1.55. The Hall–Kier alpha value is -1.73. The quantitative estimate of drug-likeness (QED) is 0.681. The van der Waals surface area contributed by atoms with Gasteiger partial charge in [0.1, 0.15) is 11.5 Å². The van der Waals surface area contributed by atoms with Crippen molar-refractivity contribution in [1.82, 2.24) is 0 Å². The average molecular weight is 444 g/mol. The van der Waals surface area contributed by atoms with Crippen LogP contribution in [0.25, 0.3) is 0 Å². The van der Waals surface area contributed by atoms with Crippen molar-refractivity contribution in [2.75, 3.05) is 24.8 Å². The molecule has 0 saturated carbocycles. The van der Waals surface area contributed by atoms with Crippen LogP contribution in [-0.2, 0) is 4.79 Å². The predicted molar refractivity (Wildman–Crippen MR) is 98.1 cm³/mol. The smallest absolute Gasteiger partial charge is 0.262 e. The fourth-order valence-electron chi connectivity index (χ4n) is 1.98. The number of nitrogens with one attached hydrogen (secondary N) is 1. The van der Waals surface area contributed by atoms with Gasteiger partial charge in [0.15, 0.2) is 6.61 Å². The fourth-order valence-corrected chi connectivity index (χ4v) is 3.53. The molecule has 0 aliphatic carbocycles. The molecule has 0 bridgehead atoms. The number of amides is 1. The van der Waals surface area contributed by atoms with Crippen LogP contribution < -0.4 is 20.5 Å². The molecule has 2 rings (SSSR count). The molecule has 0 aliphatic heterocycles. The molecule has 2 aromatic carbocycles. The first-order valence-corrected chi connectivity index (χ1v) is 8.31. The van der Waals surface area contributed by atoms with E-state index in [1.165, 1.54) is 0 Å². The minimum absolute atomic E-state index is 0.119. The molecule has 3 N–H and O–H groups in total. The lowest BCUT2D eigenvalue weighted by atomic mass is 10.2. The van der Waals surface area contributed by atoms with E-state index in [2.05, 4.69) is 37.2 Å². The first-order chi connectivity index (χ1) is 10.9. The monoisotopic (exact) mass is 442 g/mol. The summed E-state index contributed by atoms with van der Waals surface area (Å²) in [6.07, 6.45) is 0. The van der Waals surface area contributed by atoms with E-state index in [0.29, 0.717) is 22.9 Å². The second-order valence-electron chi connectivity index (χ2n) is 4.82. The number of ether oxygens (including phenoxy) is 2. The lowest BCUT2D eigenvalue weighted by Gasteiger charge is -2.13. The molecule has 0 spiro atoms. The van der Waals surface area contributed by atoms with Crippen LogP contribution in [0.3, 0.4) is 0 Å². The number of nitrogen functional groups attached to an aromatic ring is 1. The number of anilines is 2. The number of hydrogen-bond acceptors (Lipinski definition) is 4. The number of halogens is 2. The van der Waals surface area contributed by atoms with Gasteiger partial charge in [0.2, 0.25) is 0 Å².